The molecule has 1 amide bonds. The maximum absolute atomic E-state index is 13.0. The molecular weight excluding hydrogens is 386 g/mol. The van der Waals surface area contributed by atoms with Crippen LogP contribution in [0.1, 0.15) is 35.2 Å². The van der Waals surface area contributed by atoms with E-state index in [2.05, 4.69) is 5.32 Å². The molecule has 2 aromatic carbocycles. The number of nitrogen functional groups attached to an aromatic ring is 1. The Bertz CT molecular complexity index is 897. The summed E-state index contributed by atoms with van der Waals surface area (Å²) in [6.07, 6.45) is 2.82. The van der Waals surface area contributed by atoms with Crippen LogP contribution in [0.4, 0.5) is 5.69 Å². The van der Waals surface area contributed by atoms with Crippen LogP contribution in [-0.2, 0) is 16.6 Å². The van der Waals surface area contributed by atoms with Crippen molar-refractivity contribution in [3.63, 3.8) is 0 Å². The number of hydrogen-bond acceptors (Lipinski definition) is 4. The first-order valence-electron chi connectivity index (χ1n) is 8.70. The van der Waals surface area contributed by atoms with Gasteiger partial charge in [0.25, 0.3) is 5.91 Å². The lowest BCUT2D eigenvalue weighted by molar-refractivity contribution is 0.0950. The first-order valence-corrected chi connectivity index (χ1v) is 10.1. The summed E-state index contributed by atoms with van der Waals surface area (Å²) in [4.78, 5) is 12.6. The predicted octanol–water partition coefficient (Wildman–Crippen LogP) is 2.80. The van der Waals surface area contributed by atoms with Gasteiger partial charge in [0.05, 0.1) is 4.90 Å². The van der Waals surface area contributed by atoms with Crippen molar-refractivity contribution in [2.24, 2.45) is 0 Å². The molecule has 27 heavy (non-hydrogen) atoms. The fourth-order valence-electron chi connectivity index (χ4n) is 3.10. The van der Waals surface area contributed by atoms with E-state index in [0.29, 0.717) is 29.9 Å². The third-order valence-corrected chi connectivity index (χ3v) is 6.49. The molecule has 1 aliphatic heterocycles. The van der Waals surface area contributed by atoms with Gasteiger partial charge in [-0.15, -0.1) is 12.4 Å². The molecule has 0 unspecified atom stereocenters. The average Bonchev–Trinajstić information content (AvgIpc) is 2.67. The number of sulfonamides is 1. The van der Waals surface area contributed by atoms with Gasteiger partial charge in [0.1, 0.15) is 0 Å². The maximum Gasteiger partial charge on any atom is 0.251 e. The first kappa shape index (κ1) is 21.2. The van der Waals surface area contributed by atoms with Gasteiger partial charge in [-0.3, -0.25) is 4.79 Å². The number of nitrogens with one attached hydrogen (secondary N) is 1. The molecule has 0 saturated carbocycles. The van der Waals surface area contributed by atoms with Crippen LogP contribution in [0.15, 0.2) is 53.4 Å². The molecule has 1 fully saturated rings. The number of carbonyl (C=O) groups is 1. The zero-order chi connectivity index (χ0) is 18.6. The van der Waals surface area contributed by atoms with Gasteiger partial charge >= 0.3 is 0 Å². The fourth-order valence-corrected chi connectivity index (χ4v) is 4.84. The van der Waals surface area contributed by atoms with Crippen molar-refractivity contribution in [2.75, 3.05) is 18.8 Å². The summed E-state index contributed by atoms with van der Waals surface area (Å²) >= 11 is 0. The number of nitrogens with two attached hydrogens (primary N) is 1. The topological polar surface area (TPSA) is 92.5 Å². The molecule has 146 valence electrons. The molecule has 0 spiro atoms. The van der Waals surface area contributed by atoms with Crippen LogP contribution in [0.2, 0.25) is 0 Å². The molecule has 2 aromatic rings. The van der Waals surface area contributed by atoms with E-state index in [1.165, 1.54) is 4.31 Å². The number of rotatable bonds is 5. The molecule has 1 saturated heterocycles. The normalized spacial score (nSPS) is 15.0. The molecule has 0 radical (unpaired) electrons. The van der Waals surface area contributed by atoms with E-state index in [0.717, 1.165) is 19.3 Å². The molecule has 0 bridgehead atoms. The van der Waals surface area contributed by atoms with Gasteiger partial charge in [-0.25, -0.2) is 8.42 Å². The van der Waals surface area contributed by atoms with E-state index in [1.807, 2.05) is 0 Å². The average molecular weight is 410 g/mol. The molecule has 1 aliphatic rings. The largest absolute Gasteiger partial charge is 0.399 e. The Kier molecular flexibility index (Phi) is 7.24. The third kappa shape index (κ3) is 5.00. The first-order chi connectivity index (χ1) is 12.5. The third-order valence-electron chi connectivity index (χ3n) is 4.49. The fraction of sp³-hybridized carbons (Fsp3) is 0.316. The summed E-state index contributed by atoms with van der Waals surface area (Å²) in [7, 11) is -3.55. The maximum atomic E-state index is 13.0. The molecule has 6 nitrogen and oxygen atoms in total. The lowest BCUT2D eigenvalue weighted by atomic mass is 10.1. The van der Waals surface area contributed by atoms with E-state index in [-0.39, 0.29) is 29.8 Å². The predicted molar refractivity (Wildman–Crippen MR) is 108 cm³/mol. The highest BCUT2D eigenvalue weighted by Crippen LogP contribution is 2.23. The second-order valence-electron chi connectivity index (χ2n) is 6.38. The minimum atomic E-state index is -3.55. The van der Waals surface area contributed by atoms with E-state index in [4.69, 9.17) is 5.73 Å². The van der Waals surface area contributed by atoms with E-state index in [9.17, 15) is 13.2 Å². The highest BCUT2D eigenvalue weighted by Gasteiger charge is 2.27. The number of benzene rings is 2. The minimum Gasteiger partial charge on any atom is -0.399 e. The molecular formula is C19H24ClN3O3S. The summed E-state index contributed by atoms with van der Waals surface area (Å²) in [6, 6.07) is 13.5. The van der Waals surface area contributed by atoms with Gasteiger partial charge in [0.2, 0.25) is 10.0 Å². The zero-order valence-corrected chi connectivity index (χ0v) is 16.6. The van der Waals surface area contributed by atoms with E-state index in [1.54, 1.807) is 48.5 Å². The van der Waals surface area contributed by atoms with Crippen molar-refractivity contribution in [3.8, 4) is 0 Å². The number of amides is 1. The summed E-state index contributed by atoms with van der Waals surface area (Å²) in [6.45, 7) is 1.23. The highest BCUT2D eigenvalue weighted by atomic mass is 35.5. The molecule has 3 N–H and O–H groups in total. The van der Waals surface area contributed by atoms with Gasteiger partial charge in [-0.05, 0) is 42.7 Å². The number of halogens is 1. The molecule has 0 aromatic heterocycles. The zero-order valence-electron chi connectivity index (χ0n) is 14.9. The van der Waals surface area contributed by atoms with Crippen molar-refractivity contribution in [1.29, 1.82) is 0 Å². The lowest BCUT2D eigenvalue weighted by Crippen LogP contribution is -2.36. The molecule has 1 heterocycles. The van der Waals surface area contributed by atoms with E-state index < -0.39 is 10.0 Å². The SMILES string of the molecule is Cl.Nc1cccc(C(=O)NCc2ccccc2S(=O)(=O)N2CCCCC2)c1. The number of carbonyl (C=O) groups excluding carboxylic acids is 1. The Morgan fingerprint density at radius 2 is 1.74 bits per heavy atom. The van der Waals surface area contributed by atoms with Crippen molar-refractivity contribution >= 4 is 34.0 Å². The quantitative estimate of drug-likeness (QED) is 0.742. The number of piperidine rings is 1. The van der Waals surface area contributed by atoms with Gasteiger partial charge in [0, 0.05) is 30.9 Å². The Labute approximate surface area is 166 Å². The highest BCUT2D eigenvalue weighted by molar-refractivity contribution is 7.89. The van der Waals surface area contributed by atoms with Gasteiger partial charge < -0.3 is 11.1 Å². The second kappa shape index (κ2) is 9.21. The van der Waals surface area contributed by atoms with Crippen LogP contribution in [-0.4, -0.2) is 31.7 Å². The van der Waals surface area contributed by atoms with Crippen LogP contribution in [0.25, 0.3) is 0 Å². The molecule has 3 rings (SSSR count). The summed E-state index contributed by atoms with van der Waals surface area (Å²) in [5.74, 6) is -0.289. The van der Waals surface area contributed by atoms with Crippen LogP contribution in [0.5, 0.6) is 0 Å². The standard InChI is InChI=1S/C19H23N3O3S.ClH/c20-17-9-6-8-15(13-17)19(23)21-14-16-7-2-3-10-18(16)26(24,25)22-11-4-1-5-12-22;/h2-3,6-10,13H,1,4-5,11-12,14,20H2,(H,21,23);1H. The number of hydrogen-bond donors (Lipinski definition) is 2. The van der Waals surface area contributed by atoms with Gasteiger partial charge in [-0.2, -0.15) is 4.31 Å². The van der Waals surface area contributed by atoms with Gasteiger partial charge in [-0.1, -0.05) is 30.7 Å². The lowest BCUT2D eigenvalue weighted by Gasteiger charge is -2.26. The van der Waals surface area contributed by atoms with Crippen LogP contribution < -0.4 is 11.1 Å². The van der Waals surface area contributed by atoms with Crippen molar-refractivity contribution < 1.29 is 13.2 Å². The Morgan fingerprint density at radius 3 is 2.44 bits per heavy atom. The number of nitrogens with zero attached hydrogens (tertiary/aromatic N) is 1. The minimum absolute atomic E-state index is 0. The Morgan fingerprint density at radius 1 is 1.04 bits per heavy atom. The van der Waals surface area contributed by atoms with Crippen molar-refractivity contribution in [3.05, 3.63) is 59.7 Å². The van der Waals surface area contributed by atoms with E-state index >= 15 is 0 Å². The van der Waals surface area contributed by atoms with Crippen LogP contribution in [0, 0.1) is 0 Å². The molecule has 8 heteroatoms. The second-order valence-corrected chi connectivity index (χ2v) is 8.29. The summed E-state index contributed by atoms with van der Waals surface area (Å²) < 4.78 is 27.5. The van der Waals surface area contributed by atoms with Crippen molar-refractivity contribution in [1.82, 2.24) is 9.62 Å². The smallest absolute Gasteiger partial charge is 0.251 e. The molecule has 0 aliphatic carbocycles. The number of anilines is 1. The monoisotopic (exact) mass is 409 g/mol. The summed E-state index contributed by atoms with van der Waals surface area (Å²) in [5, 5.41) is 2.78. The van der Waals surface area contributed by atoms with Crippen LogP contribution >= 0.6 is 12.4 Å². The van der Waals surface area contributed by atoms with Crippen molar-refractivity contribution in [2.45, 2.75) is 30.7 Å². The van der Waals surface area contributed by atoms with Gasteiger partial charge in [0.15, 0.2) is 0 Å². The summed E-state index contributed by atoms with van der Waals surface area (Å²) in [5.41, 5.74) is 7.23. The Hall–Kier alpha value is -2.09. The van der Waals surface area contributed by atoms with Crippen LogP contribution in [0.3, 0.4) is 0 Å². The molecule has 0 atom stereocenters. The Balaban J connectivity index is 0.00000261.